The van der Waals surface area contributed by atoms with Gasteiger partial charge in [0.1, 0.15) is 0 Å². The first-order valence-electron chi connectivity index (χ1n) is 9.39. The first-order chi connectivity index (χ1) is 14.7. The number of nitrogens with zero attached hydrogens (tertiary/aromatic N) is 3. The van der Waals surface area contributed by atoms with Gasteiger partial charge in [-0.25, -0.2) is 5.43 Å². The van der Waals surface area contributed by atoms with Crippen LogP contribution in [0.25, 0.3) is 10.7 Å². The summed E-state index contributed by atoms with van der Waals surface area (Å²) in [6.45, 7) is 0.413. The van der Waals surface area contributed by atoms with Crippen LogP contribution in [0.4, 0.5) is 0 Å². The van der Waals surface area contributed by atoms with Crippen LogP contribution in [0, 0.1) is 4.77 Å². The number of thiophene rings is 1. The Bertz CT molecular complexity index is 1150. The van der Waals surface area contributed by atoms with Crippen LogP contribution in [0.1, 0.15) is 17.5 Å². The van der Waals surface area contributed by atoms with Crippen LogP contribution in [0.5, 0.6) is 0 Å². The largest absolute Gasteiger partial charge is 0.299 e. The molecule has 0 saturated carbocycles. The van der Waals surface area contributed by atoms with E-state index in [2.05, 4.69) is 20.7 Å². The average Bonchev–Trinajstić information content (AvgIpc) is 3.44. The molecule has 2 N–H and O–H groups in total. The molecule has 0 fully saturated rings. The molecule has 1 amide bonds. The Morgan fingerprint density at radius 2 is 1.70 bits per heavy atom. The van der Waals surface area contributed by atoms with E-state index in [4.69, 9.17) is 12.2 Å². The Morgan fingerprint density at radius 3 is 2.30 bits per heavy atom. The molecule has 0 bridgehead atoms. The van der Waals surface area contributed by atoms with Crippen molar-refractivity contribution in [2.75, 3.05) is 0 Å². The van der Waals surface area contributed by atoms with Gasteiger partial charge in [-0.1, -0.05) is 66.7 Å². The molecule has 0 spiro atoms. The monoisotopic (exact) mass is 433 g/mol. The minimum Gasteiger partial charge on any atom is -0.299 e. The smallest absolute Gasteiger partial charge is 0.241 e. The molecule has 0 aliphatic rings. The Kier molecular flexibility index (Phi) is 6.26. The van der Waals surface area contributed by atoms with Gasteiger partial charge in [0.15, 0.2) is 10.6 Å². The van der Waals surface area contributed by atoms with Crippen molar-refractivity contribution < 1.29 is 4.79 Å². The maximum Gasteiger partial charge on any atom is 0.241 e. The van der Waals surface area contributed by atoms with E-state index in [1.165, 1.54) is 0 Å². The molecule has 0 aliphatic carbocycles. The maximum absolute atomic E-state index is 12.5. The number of hydrogen-bond acceptors (Lipinski definition) is 5. The Labute approximate surface area is 182 Å². The Balaban J connectivity index is 1.49. The van der Waals surface area contributed by atoms with Gasteiger partial charge in [-0.05, 0) is 23.7 Å². The average molecular weight is 434 g/mol. The second kappa shape index (κ2) is 9.43. The maximum atomic E-state index is 12.5. The zero-order valence-electron chi connectivity index (χ0n) is 16.0. The van der Waals surface area contributed by atoms with Crippen molar-refractivity contribution in [1.82, 2.24) is 20.2 Å². The van der Waals surface area contributed by atoms with E-state index in [1.807, 2.05) is 82.7 Å². The number of aromatic nitrogens is 3. The highest BCUT2D eigenvalue weighted by Crippen LogP contribution is 2.22. The molecule has 0 atom stereocenters. The molecule has 0 saturated heterocycles. The number of benzene rings is 2. The molecule has 2 heterocycles. The van der Waals surface area contributed by atoms with Crippen LogP contribution in [-0.4, -0.2) is 26.4 Å². The van der Waals surface area contributed by atoms with Crippen LogP contribution in [0.15, 0.2) is 83.3 Å². The summed E-state index contributed by atoms with van der Waals surface area (Å²) < 4.78 is 2.32. The Hall–Kier alpha value is -3.36. The second-order valence-electron chi connectivity index (χ2n) is 6.46. The van der Waals surface area contributed by atoms with E-state index in [-0.39, 0.29) is 12.3 Å². The lowest BCUT2D eigenvalue weighted by Crippen LogP contribution is -2.22. The van der Waals surface area contributed by atoms with Crippen LogP contribution in [0.3, 0.4) is 0 Å². The summed E-state index contributed by atoms with van der Waals surface area (Å²) >= 11 is 6.90. The van der Waals surface area contributed by atoms with Crippen molar-refractivity contribution in [3.63, 3.8) is 0 Å². The lowest BCUT2D eigenvalue weighted by Gasteiger charge is -2.09. The Morgan fingerprint density at radius 1 is 1.03 bits per heavy atom. The summed E-state index contributed by atoms with van der Waals surface area (Å²) in [5.41, 5.74) is 5.26. The van der Waals surface area contributed by atoms with E-state index in [0.717, 1.165) is 21.8 Å². The minimum atomic E-state index is -0.195. The van der Waals surface area contributed by atoms with Crippen molar-refractivity contribution in [1.29, 1.82) is 0 Å². The summed E-state index contributed by atoms with van der Waals surface area (Å²) in [6, 6.07) is 23.5. The fourth-order valence-corrected chi connectivity index (χ4v) is 3.94. The van der Waals surface area contributed by atoms with Gasteiger partial charge >= 0.3 is 0 Å². The highest BCUT2D eigenvalue weighted by molar-refractivity contribution is 7.71. The topological polar surface area (TPSA) is 75.1 Å². The lowest BCUT2D eigenvalue weighted by molar-refractivity contribution is -0.121. The molecule has 4 aromatic rings. The first kappa shape index (κ1) is 19.9. The standard InChI is InChI=1S/C22H19N5OS2/c28-19(13-14-27-21(25-26-22(27)29)18-12-7-15-30-18)23-24-20(16-8-3-1-4-9-16)17-10-5-2-6-11-17/h1-12,15H,13-14H2,(H,23,28)(H,26,29). The van der Waals surface area contributed by atoms with Gasteiger partial charge in [0.25, 0.3) is 0 Å². The second-order valence-corrected chi connectivity index (χ2v) is 7.79. The quantitative estimate of drug-likeness (QED) is 0.254. The minimum absolute atomic E-state index is 0.195. The third kappa shape index (κ3) is 4.61. The van der Waals surface area contributed by atoms with Gasteiger partial charge in [0.2, 0.25) is 5.91 Å². The summed E-state index contributed by atoms with van der Waals surface area (Å²) in [7, 11) is 0. The number of nitrogens with one attached hydrogen (secondary N) is 2. The molecule has 0 aliphatic heterocycles. The number of hydrogen-bond donors (Lipinski definition) is 2. The highest BCUT2D eigenvalue weighted by Gasteiger charge is 2.12. The zero-order valence-corrected chi connectivity index (χ0v) is 17.6. The van der Waals surface area contributed by atoms with Gasteiger partial charge < -0.3 is 0 Å². The number of carbonyl (C=O) groups excluding carboxylic acids is 1. The van der Waals surface area contributed by atoms with E-state index < -0.39 is 0 Å². The van der Waals surface area contributed by atoms with Gasteiger partial charge in [0.05, 0.1) is 10.6 Å². The molecular formula is C22H19N5OS2. The van der Waals surface area contributed by atoms with Gasteiger partial charge in [-0.3, -0.25) is 14.5 Å². The molecule has 0 radical (unpaired) electrons. The van der Waals surface area contributed by atoms with Gasteiger partial charge in [0, 0.05) is 24.1 Å². The SMILES string of the molecule is O=C(CCn1c(-c2cccs2)n[nH]c1=S)NN=C(c1ccccc1)c1ccccc1. The van der Waals surface area contributed by atoms with Gasteiger partial charge in [-0.15, -0.1) is 11.3 Å². The highest BCUT2D eigenvalue weighted by atomic mass is 32.1. The molecule has 4 rings (SSSR count). The number of rotatable bonds is 7. The molecule has 8 heteroatoms. The number of H-pyrrole nitrogens is 1. The number of hydrazone groups is 1. The van der Waals surface area contributed by atoms with Crippen molar-refractivity contribution in [2.45, 2.75) is 13.0 Å². The third-order valence-electron chi connectivity index (χ3n) is 4.45. The van der Waals surface area contributed by atoms with E-state index in [1.54, 1.807) is 11.3 Å². The van der Waals surface area contributed by atoms with Crippen LogP contribution in [-0.2, 0) is 11.3 Å². The molecule has 150 valence electrons. The zero-order chi connectivity index (χ0) is 20.8. The third-order valence-corrected chi connectivity index (χ3v) is 5.63. The molecular weight excluding hydrogens is 414 g/mol. The van der Waals surface area contributed by atoms with Crippen LogP contribution in [0.2, 0.25) is 0 Å². The predicted octanol–water partition coefficient (Wildman–Crippen LogP) is 4.63. The fourth-order valence-electron chi connectivity index (χ4n) is 2.99. The van der Waals surface area contributed by atoms with E-state index in [0.29, 0.717) is 17.0 Å². The summed E-state index contributed by atoms with van der Waals surface area (Å²) in [5.74, 6) is 0.542. The van der Waals surface area contributed by atoms with Crippen LogP contribution < -0.4 is 5.43 Å². The number of carbonyl (C=O) groups is 1. The van der Waals surface area contributed by atoms with Crippen LogP contribution >= 0.6 is 23.6 Å². The normalized spacial score (nSPS) is 10.5. The van der Waals surface area contributed by atoms with Crippen molar-refractivity contribution in [3.8, 4) is 10.7 Å². The van der Waals surface area contributed by atoms with Crippen molar-refractivity contribution in [2.24, 2.45) is 5.10 Å². The molecule has 30 heavy (non-hydrogen) atoms. The molecule has 2 aromatic heterocycles. The summed E-state index contributed by atoms with van der Waals surface area (Å²) in [6.07, 6.45) is 0.229. The van der Waals surface area contributed by atoms with Gasteiger partial charge in [-0.2, -0.15) is 10.2 Å². The van der Waals surface area contributed by atoms with Crippen molar-refractivity contribution in [3.05, 3.63) is 94.1 Å². The predicted molar refractivity (Wildman–Crippen MR) is 122 cm³/mol. The van der Waals surface area contributed by atoms with E-state index >= 15 is 0 Å². The summed E-state index contributed by atoms with van der Waals surface area (Å²) in [5, 5.41) is 13.5. The summed E-state index contributed by atoms with van der Waals surface area (Å²) in [4.78, 5) is 13.5. The first-order valence-corrected chi connectivity index (χ1v) is 10.7. The number of aromatic amines is 1. The molecule has 0 unspecified atom stereocenters. The lowest BCUT2D eigenvalue weighted by atomic mass is 10.0. The molecule has 6 nitrogen and oxygen atoms in total. The fraction of sp³-hybridized carbons (Fsp3) is 0.0909. The molecule has 2 aromatic carbocycles. The van der Waals surface area contributed by atoms with E-state index in [9.17, 15) is 4.79 Å². The number of amides is 1. The van der Waals surface area contributed by atoms with Crippen molar-refractivity contribution >= 4 is 35.2 Å².